The van der Waals surface area contributed by atoms with Crippen molar-refractivity contribution in [2.75, 3.05) is 0 Å². The molecule has 0 bridgehead atoms. The van der Waals surface area contributed by atoms with Gasteiger partial charge in [-0.1, -0.05) is 48.8 Å². The fourth-order valence-electron chi connectivity index (χ4n) is 1.86. The van der Waals surface area contributed by atoms with Gasteiger partial charge in [0.05, 0.1) is 0 Å². The van der Waals surface area contributed by atoms with Crippen LogP contribution in [0.1, 0.15) is 45.4 Å². The predicted octanol–water partition coefficient (Wildman–Crippen LogP) is 3.78. The van der Waals surface area contributed by atoms with Crippen LogP contribution in [-0.2, 0) is 0 Å². The summed E-state index contributed by atoms with van der Waals surface area (Å²) in [5.74, 6) is 1.05. The Morgan fingerprint density at radius 2 is 2.00 bits per heavy atom. The molecule has 1 fully saturated rings. The highest BCUT2D eigenvalue weighted by molar-refractivity contribution is 14.1. The summed E-state index contributed by atoms with van der Waals surface area (Å²) in [5, 5.41) is 0. The van der Waals surface area contributed by atoms with Gasteiger partial charge in [0.2, 0.25) is 0 Å². The Morgan fingerprint density at radius 1 is 1.30 bits per heavy atom. The average Bonchev–Trinajstić information content (AvgIpc) is 1.94. The summed E-state index contributed by atoms with van der Waals surface area (Å²) in [6.07, 6.45) is 8.79. The summed E-state index contributed by atoms with van der Waals surface area (Å²) in [7, 11) is 0. The van der Waals surface area contributed by atoms with Gasteiger partial charge in [0.25, 0.3) is 0 Å². The van der Waals surface area contributed by atoms with Gasteiger partial charge in [-0.15, -0.1) is 0 Å². The fourth-order valence-corrected chi connectivity index (χ4v) is 3.02. The maximum Gasteiger partial charge on any atom is 0.0138 e. The summed E-state index contributed by atoms with van der Waals surface area (Å²) in [6, 6.07) is 0. The molecule has 0 amide bonds. The fraction of sp³-hybridized carbons (Fsp3) is 1.00. The van der Waals surface area contributed by atoms with Gasteiger partial charge in [-0.2, -0.15) is 0 Å². The lowest BCUT2D eigenvalue weighted by Crippen LogP contribution is -2.18. The topological polar surface area (TPSA) is 0 Å². The van der Waals surface area contributed by atoms with Crippen molar-refractivity contribution in [3.05, 3.63) is 0 Å². The van der Waals surface area contributed by atoms with Gasteiger partial charge in [-0.25, -0.2) is 0 Å². The molecule has 2 atom stereocenters. The number of alkyl halides is 1. The number of rotatable bonds is 2. The summed E-state index contributed by atoms with van der Waals surface area (Å²) in [4.78, 5) is 0. The maximum atomic E-state index is 2.64. The largest absolute Gasteiger partial charge is 0.0823 e. The van der Waals surface area contributed by atoms with E-state index < -0.39 is 0 Å². The molecule has 0 aromatic heterocycles. The first-order valence-corrected chi connectivity index (χ1v) is 5.73. The van der Waals surface area contributed by atoms with Crippen LogP contribution >= 0.6 is 22.6 Å². The van der Waals surface area contributed by atoms with Crippen molar-refractivity contribution < 1.29 is 0 Å². The summed E-state index contributed by atoms with van der Waals surface area (Å²) in [6.45, 7) is 2.30. The normalized spacial score (nSPS) is 34.2. The molecule has 1 saturated carbocycles. The van der Waals surface area contributed by atoms with Crippen molar-refractivity contribution in [3.63, 3.8) is 0 Å². The van der Waals surface area contributed by atoms with Crippen molar-refractivity contribution in [2.45, 2.75) is 49.4 Å². The molecule has 0 unspecified atom stereocenters. The van der Waals surface area contributed by atoms with Crippen molar-refractivity contribution >= 4 is 22.6 Å². The Kier molecular flexibility index (Phi) is 4.04. The summed E-state index contributed by atoms with van der Waals surface area (Å²) >= 11 is 2.64. The maximum absolute atomic E-state index is 2.64. The van der Waals surface area contributed by atoms with Gasteiger partial charge < -0.3 is 0 Å². The Balaban J connectivity index is 2.25. The highest BCUT2D eigenvalue weighted by Gasteiger charge is 2.20. The molecule has 0 heterocycles. The van der Waals surface area contributed by atoms with E-state index in [0.29, 0.717) is 0 Å². The standard InChI is InChI=1S/C9H17I/c1-2-5-8-6-3-4-7-9(8)10/h8-9H,2-7H2,1H3/t8-,9-/m1/s1. The second-order valence-corrected chi connectivity index (χ2v) is 4.95. The molecular weight excluding hydrogens is 235 g/mol. The molecule has 0 nitrogen and oxygen atoms in total. The molecule has 0 radical (unpaired) electrons. The van der Waals surface area contributed by atoms with E-state index in [0.717, 1.165) is 9.84 Å². The zero-order valence-corrected chi connectivity index (χ0v) is 8.93. The SMILES string of the molecule is CCC[C@@H]1CCCC[C@H]1I. The summed E-state index contributed by atoms with van der Waals surface area (Å²) < 4.78 is 0.992. The van der Waals surface area contributed by atoms with Gasteiger partial charge in [0.1, 0.15) is 0 Å². The molecule has 1 heteroatoms. The molecule has 1 rings (SSSR count). The Labute approximate surface area is 77.9 Å². The molecule has 1 aliphatic carbocycles. The number of hydrogen-bond acceptors (Lipinski definition) is 0. The third kappa shape index (κ3) is 2.40. The zero-order valence-electron chi connectivity index (χ0n) is 6.78. The number of halogens is 1. The molecule has 1 aliphatic rings. The van der Waals surface area contributed by atoms with Gasteiger partial charge >= 0.3 is 0 Å². The lowest BCUT2D eigenvalue weighted by molar-refractivity contribution is 0.358. The quantitative estimate of drug-likeness (QED) is 0.518. The minimum absolute atomic E-state index is 0.992. The van der Waals surface area contributed by atoms with E-state index in [9.17, 15) is 0 Å². The first-order valence-electron chi connectivity index (χ1n) is 4.48. The molecule has 0 aromatic rings. The number of hydrogen-bond donors (Lipinski definition) is 0. The van der Waals surface area contributed by atoms with Crippen LogP contribution in [0.2, 0.25) is 0 Å². The van der Waals surface area contributed by atoms with Gasteiger partial charge in [0, 0.05) is 3.92 Å². The molecule has 0 aromatic carbocycles. The molecule has 60 valence electrons. The van der Waals surface area contributed by atoms with Crippen LogP contribution in [0.15, 0.2) is 0 Å². The first-order chi connectivity index (χ1) is 4.84. The Bertz CT molecular complexity index is 88.7. The van der Waals surface area contributed by atoms with E-state index in [1.54, 1.807) is 0 Å². The molecule has 10 heavy (non-hydrogen) atoms. The van der Waals surface area contributed by atoms with Crippen LogP contribution in [0.4, 0.5) is 0 Å². The Hall–Kier alpha value is 0.730. The minimum atomic E-state index is 0.992. The zero-order chi connectivity index (χ0) is 7.40. The van der Waals surface area contributed by atoms with Crippen LogP contribution in [0, 0.1) is 5.92 Å². The van der Waals surface area contributed by atoms with Crippen molar-refractivity contribution in [1.82, 2.24) is 0 Å². The van der Waals surface area contributed by atoms with E-state index >= 15 is 0 Å². The van der Waals surface area contributed by atoms with Crippen molar-refractivity contribution in [3.8, 4) is 0 Å². The minimum Gasteiger partial charge on any atom is -0.0823 e. The van der Waals surface area contributed by atoms with Gasteiger partial charge in [-0.3, -0.25) is 0 Å². The van der Waals surface area contributed by atoms with Crippen LogP contribution in [0.25, 0.3) is 0 Å². The predicted molar refractivity (Wildman–Crippen MR) is 54.7 cm³/mol. The second kappa shape index (κ2) is 4.58. The average molecular weight is 252 g/mol. The van der Waals surface area contributed by atoms with E-state index in [4.69, 9.17) is 0 Å². The molecule has 0 aliphatic heterocycles. The van der Waals surface area contributed by atoms with Gasteiger partial charge in [0.15, 0.2) is 0 Å². The van der Waals surface area contributed by atoms with Crippen molar-refractivity contribution in [1.29, 1.82) is 0 Å². The first kappa shape index (κ1) is 8.82. The van der Waals surface area contributed by atoms with Crippen molar-refractivity contribution in [2.24, 2.45) is 5.92 Å². The monoisotopic (exact) mass is 252 g/mol. The lowest BCUT2D eigenvalue weighted by atomic mass is 9.86. The third-order valence-electron chi connectivity index (χ3n) is 2.48. The summed E-state index contributed by atoms with van der Waals surface area (Å²) in [5.41, 5.74) is 0. The highest BCUT2D eigenvalue weighted by Crippen LogP contribution is 2.32. The van der Waals surface area contributed by atoms with Gasteiger partial charge in [-0.05, 0) is 25.2 Å². The van der Waals surface area contributed by atoms with Crippen LogP contribution in [-0.4, -0.2) is 3.92 Å². The van der Waals surface area contributed by atoms with E-state index in [2.05, 4.69) is 29.5 Å². The van der Waals surface area contributed by atoms with E-state index in [1.165, 1.54) is 38.5 Å². The van der Waals surface area contributed by atoms with E-state index in [-0.39, 0.29) is 0 Å². The second-order valence-electron chi connectivity index (χ2n) is 3.35. The molecular formula is C9H17I. The highest BCUT2D eigenvalue weighted by atomic mass is 127. The Morgan fingerprint density at radius 3 is 2.60 bits per heavy atom. The van der Waals surface area contributed by atoms with Crippen LogP contribution in [0.5, 0.6) is 0 Å². The van der Waals surface area contributed by atoms with E-state index in [1.807, 2.05) is 0 Å². The third-order valence-corrected chi connectivity index (χ3v) is 4.12. The molecule has 0 spiro atoms. The van der Waals surface area contributed by atoms with Crippen LogP contribution in [0.3, 0.4) is 0 Å². The smallest absolute Gasteiger partial charge is 0.0138 e. The molecule has 0 saturated heterocycles. The lowest BCUT2D eigenvalue weighted by Gasteiger charge is -2.26. The molecule has 0 N–H and O–H groups in total. The van der Waals surface area contributed by atoms with Crippen LogP contribution < -0.4 is 0 Å².